The Labute approximate surface area is 118 Å². The number of thiophene rings is 1. The molecule has 0 aromatic carbocycles. The maximum absolute atomic E-state index is 13.1. The number of oxazole rings is 1. The summed E-state index contributed by atoms with van der Waals surface area (Å²) in [7, 11) is 0. The molecule has 0 radical (unpaired) electrons. The molecule has 0 atom stereocenters. The van der Waals surface area contributed by atoms with E-state index in [-0.39, 0.29) is 31.8 Å². The molecular formula is C13H12F2N2O2S. The molecule has 0 bridgehead atoms. The average Bonchev–Trinajstić information content (AvgIpc) is 3.09. The van der Waals surface area contributed by atoms with Crippen LogP contribution in [0, 0.1) is 0 Å². The summed E-state index contributed by atoms with van der Waals surface area (Å²) in [5, 5.41) is 1.72. The molecule has 1 aliphatic heterocycles. The molecule has 1 saturated heterocycles. The number of alkyl halides is 2. The predicted molar refractivity (Wildman–Crippen MR) is 69.9 cm³/mol. The molecule has 0 N–H and O–H groups in total. The normalized spacial score (nSPS) is 18.2. The van der Waals surface area contributed by atoms with Crippen molar-refractivity contribution in [3.63, 3.8) is 0 Å². The van der Waals surface area contributed by atoms with Crippen LogP contribution >= 0.6 is 11.3 Å². The van der Waals surface area contributed by atoms with Gasteiger partial charge in [0.2, 0.25) is 0 Å². The van der Waals surface area contributed by atoms with Gasteiger partial charge in [-0.1, -0.05) is 0 Å². The van der Waals surface area contributed by atoms with E-state index in [4.69, 9.17) is 4.42 Å². The molecule has 1 amide bonds. The van der Waals surface area contributed by atoms with E-state index in [1.54, 1.807) is 11.4 Å². The predicted octanol–water partition coefficient (Wildman–Crippen LogP) is 3.27. The maximum Gasteiger partial charge on any atom is 0.254 e. The third-order valence-electron chi connectivity index (χ3n) is 3.31. The van der Waals surface area contributed by atoms with Crippen molar-refractivity contribution in [2.45, 2.75) is 18.8 Å². The zero-order valence-corrected chi connectivity index (χ0v) is 11.3. The molecule has 0 saturated carbocycles. The van der Waals surface area contributed by atoms with Gasteiger partial charge in [-0.15, -0.1) is 11.3 Å². The number of hydrogen-bond acceptors (Lipinski definition) is 4. The summed E-state index contributed by atoms with van der Waals surface area (Å²) in [5.41, 5.74) is 1.18. The molecule has 2 aromatic rings. The van der Waals surface area contributed by atoms with E-state index in [0.717, 1.165) is 4.88 Å². The summed E-state index contributed by atoms with van der Waals surface area (Å²) in [5.74, 6) is -2.84. The van der Waals surface area contributed by atoms with Gasteiger partial charge in [-0.3, -0.25) is 4.79 Å². The SMILES string of the molecule is O=C(c1csc(-c2cocn2)c1)N1CCC(F)(F)CC1. The number of carbonyl (C=O) groups excluding carboxylic acids is 1. The van der Waals surface area contributed by atoms with Gasteiger partial charge in [-0.25, -0.2) is 13.8 Å². The van der Waals surface area contributed by atoms with E-state index in [9.17, 15) is 13.6 Å². The van der Waals surface area contributed by atoms with Gasteiger partial charge in [0.25, 0.3) is 11.8 Å². The van der Waals surface area contributed by atoms with Gasteiger partial charge in [-0.2, -0.15) is 0 Å². The van der Waals surface area contributed by atoms with E-state index in [0.29, 0.717) is 11.3 Å². The number of aromatic nitrogens is 1. The average molecular weight is 298 g/mol. The Kier molecular flexibility index (Phi) is 3.29. The van der Waals surface area contributed by atoms with Crippen molar-refractivity contribution >= 4 is 17.2 Å². The zero-order chi connectivity index (χ0) is 14.2. The molecule has 106 valence electrons. The second kappa shape index (κ2) is 4.97. The third-order valence-corrected chi connectivity index (χ3v) is 4.27. The lowest BCUT2D eigenvalue weighted by Crippen LogP contribution is -2.42. The van der Waals surface area contributed by atoms with E-state index in [1.165, 1.54) is 28.9 Å². The summed E-state index contributed by atoms with van der Waals surface area (Å²) in [6.07, 6.45) is 2.29. The van der Waals surface area contributed by atoms with E-state index < -0.39 is 5.92 Å². The maximum atomic E-state index is 13.1. The van der Waals surface area contributed by atoms with Gasteiger partial charge in [-0.05, 0) is 6.07 Å². The zero-order valence-electron chi connectivity index (χ0n) is 10.5. The van der Waals surface area contributed by atoms with Crippen molar-refractivity contribution in [1.82, 2.24) is 9.88 Å². The smallest absolute Gasteiger partial charge is 0.254 e. The first-order valence-electron chi connectivity index (χ1n) is 6.19. The molecule has 20 heavy (non-hydrogen) atoms. The highest BCUT2D eigenvalue weighted by Crippen LogP contribution is 2.30. The highest BCUT2D eigenvalue weighted by atomic mass is 32.1. The van der Waals surface area contributed by atoms with Crippen LogP contribution in [0.15, 0.2) is 28.5 Å². The molecule has 2 aromatic heterocycles. The van der Waals surface area contributed by atoms with Crippen LogP contribution in [-0.2, 0) is 0 Å². The van der Waals surface area contributed by atoms with Gasteiger partial charge in [0.1, 0.15) is 12.0 Å². The van der Waals surface area contributed by atoms with E-state index in [1.807, 2.05) is 0 Å². The number of nitrogens with zero attached hydrogens (tertiary/aromatic N) is 2. The van der Waals surface area contributed by atoms with Crippen LogP contribution in [0.4, 0.5) is 8.78 Å². The molecule has 0 aliphatic carbocycles. The summed E-state index contributed by atoms with van der Waals surface area (Å²) in [4.78, 5) is 18.5. The Hall–Kier alpha value is -1.76. The monoisotopic (exact) mass is 298 g/mol. The molecule has 0 spiro atoms. The highest BCUT2D eigenvalue weighted by Gasteiger charge is 2.35. The Balaban J connectivity index is 1.72. The van der Waals surface area contributed by atoms with Crippen molar-refractivity contribution in [2.24, 2.45) is 0 Å². The number of amides is 1. The van der Waals surface area contributed by atoms with Gasteiger partial charge in [0.05, 0.1) is 10.4 Å². The number of hydrogen-bond donors (Lipinski definition) is 0. The van der Waals surface area contributed by atoms with Crippen LogP contribution in [0.1, 0.15) is 23.2 Å². The first-order valence-corrected chi connectivity index (χ1v) is 7.07. The van der Waals surface area contributed by atoms with Crippen molar-refractivity contribution < 1.29 is 18.0 Å². The second-order valence-electron chi connectivity index (χ2n) is 4.72. The summed E-state index contributed by atoms with van der Waals surface area (Å²) in [6, 6.07) is 1.72. The van der Waals surface area contributed by atoms with Crippen LogP contribution in [0.2, 0.25) is 0 Å². The lowest BCUT2D eigenvalue weighted by molar-refractivity contribution is -0.0494. The highest BCUT2D eigenvalue weighted by molar-refractivity contribution is 7.13. The minimum atomic E-state index is -2.64. The standard InChI is InChI=1S/C13H12F2N2O2S/c14-13(15)1-3-17(4-2-13)12(18)9-5-11(20-7-9)10-6-19-8-16-10/h5-8H,1-4H2. The van der Waals surface area contributed by atoms with Crippen molar-refractivity contribution in [1.29, 1.82) is 0 Å². The van der Waals surface area contributed by atoms with Gasteiger partial charge in [0, 0.05) is 31.3 Å². The number of carbonyl (C=O) groups is 1. The summed E-state index contributed by atoms with van der Waals surface area (Å²) >= 11 is 1.38. The fourth-order valence-electron chi connectivity index (χ4n) is 2.14. The minimum Gasteiger partial charge on any atom is -0.451 e. The Morgan fingerprint density at radius 2 is 2.15 bits per heavy atom. The summed E-state index contributed by atoms with van der Waals surface area (Å²) < 4.78 is 31.1. The molecule has 0 unspecified atom stereocenters. The number of likely N-dealkylation sites (tertiary alicyclic amines) is 1. The molecule has 1 fully saturated rings. The first kappa shape index (κ1) is 13.2. The lowest BCUT2D eigenvalue weighted by atomic mass is 10.1. The Morgan fingerprint density at radius 1 is 1.40 bits per heavy atom. The van der Waals surface area contributed by atoms with E-state index >= 15 is 0 Å². The summed E-state index contributed by atoms with van der Waals surface area (Å²) in [6.45, 7) is 0.196. The molecule has 3 rings (SSSR count). The molecular weight excluding hydrogens is 286 g/mol. The molecule has 4 nitrogen and oxygen atoms in total. The number of rotatable bonds is 2. The topological polar surface area (TPSA) is 46.3 Å². The minimum absolute atomic E-state index is 0.0982. The fraction of sp³-hybridized carbons (Fsp3) is 0.385. The second-order valence-corrected chi connectivity index (χ2v) is 5.63. The third kappa shape index (κ3) is 2.58. The first-order chi connectivity index (χ1) is 9.55. The van der Waals surface area contributed by atoms with Gasteiger partial charge in [0.15, 0.2) is 6.39 Å². The number of piperidine rings is 1. The molecule has 1 aliphatic rings. The Bertz CT molecular complexity index is 600. The largest absolute Gasteiger partial charge is 0.451 e. The fourth-order valence-corrected chi connectivity index (χ4v) is 2.98. The van der Waals surface area contributed by atoms with Crippen LogP contribution in [0.5, 0.6) is 0 Å². The molecule has 7 heteroatoms. The van der Waals surface area contributed by atoms with Gasteiger partial charge < -0.3 is 9.32 Å². The van der Waals surface area contributed by atoms with Crippen molar-refractivity contribution in [3.8, 4) is 10.6 Å². The van der Waals surface area contributed by atoms with Crippen LogP contribution < -0.4 is 0 Å². The Morgan fingerprint density at radius 3 is 2.80 bits per heavy atom. The van der Waals surface area contributed by atoms with Crippen LogP contribution in [0.25, 0.3) is 10.6 Å². The number of halogens is 2. The quantitative estimate of drug-likeness (QED) is 0.855. The van der Waals surface area contributed by atoms with Crippen LogP contribution in [-0.4, -0.2) is 34.8 Å². The van der Waals surface area contributed by atoms with Crippen LogP contribution in [0.3, 0.4) is 0 Å². The lowest BCUT2D eigenvalue weighted by Gasteiger charge is -2.31. The van der Waals surface area contributed by atoms with Crippen molar-refractivity contribution in [2.75, 3.05) is 13.1 Å². The molecule has 3 heterocycles. The van der Waals surface area contributed by atoms with Gasteiger partial charge >= 0.3 is 0 Å². The van der Waals surface area contributed by atoms with E-state index in [2.05, 4.69) is 4.98 Å². The van der Waals surface area contributed by atoms with Crippen molar-refractivity contribution in [3.05, 3.63) is 29.7 Å².